The lowest BCUT2D eigenvalue weighted by atomic mass is 10.2. The molecule has 3 nitrogen and oxygen atoms in total. The molecule has 0 saturated carbocycles. The van der Waals surface area contributed by atoms with Crippen molar-refractivity contribution in [1.82, 2.24) is 0 Å². The molecular formula is C15H17N3S. The largest absolute Gasteiger partial charge is 0.369 e. The van der Waals surface area contributed by atoms with Gasteiger partial charge in [0.25, 0.3) is 0 Å². The number of nitrogens with zero attached hydrogens (tertiary/aromatic N) is 2. The minimum Gasteiger partial charge on any atom is -0.369 e. The molecule has 0 spiro atoms. The van der Waals surface area contributed by atoms with Crippen LogP contribution in [-0.2, 0) is 5.75 Å². The maximum atomic E-state index is 5.97. The van der Waals surface area contributed by atoms with Gasteiger partial charge in [-0.25, -0.2) is 0 Å². The molecule has 0 bridgehead atoms. The summed E-state index contributed by atoms with van der Waals surface area (Å²) in [6.45, 7) is 0. The van der Waals surface area contributed by atoms with Crippen LogP contribution in [0.1, 0.15) is 5.56 Å². The standard InChI is InChI=1S/C15H17N3S/c1-18(14-10-6-3-7-11-14)15(16)17-19-12-13-8-4-2-5-9-13/h2-11H,12H2,1H3,(H2,16,17). The number of benzene rings is 2. The van der Waals surface area contributed by atoms with Gasteiger partial charge in [-0.3, -0.25) is 0 Å². The first-order valence-electron chi connectivity index (χ1n) is 6.05. The molecule has 4 heteroatoms. The SMILES string of the molecule is CN(C(N)=NSCc1ccccc1)c1ccccc1. The number of guanidine groups is 1. The molecule has 0 aromatic heterocycles. The normalized spacial score (nSPS) is 11.3. The predicted octanol–water partition coefficient (Wildman–Crippen LogP) is 3.29. The van der Waals surface area contributed by atoms with Gasteiger partial charge in [-0.2, -0.15) is 4.40 Å². The molecule has 0 fully saturated rings. The van der Waals surface area contributed by atoms with Crippen LogP contribution in [0.5, 0.6) is 0 Å². The zero-order valence-corrected chi connectivity index (χ0v) is 11.7. The minimum atomic E-state index is 0.507. The Hall–Kier alpha value is -1.94. The van der Waals surface area contributed by atoms with Gasteiger partial charge in [0.15, 0.2) is 0 Å². The van der Waals surface area contributed by atoms with Gasteiger partial charge in [0.1, 0.15) is 0 Å². The Morgan fingerprint density at radius 2 is 1.63 bits per heavy atom. The Kier molecular flexibility index (Phi) is 4.86. The molecule has 0 radical (unpaired) electrons. The van der Waals surface area contributed by atoms with Crippen molar-refractivity contribution in [3.05, 3.63) is 66.2 Å². The summed E-state index contributed by atoms with van der Waals surface area (Å²) in [5.41, 5.74) is 8.24. The Morgan fingerprint density at radius 1 is 1.05 bits per heavy atom. The summed E-state index contributed by atoms with van der Waals surface area (Å²) < 4.78 is 4.33. The van der Waals surface area contributed by atoms with Crippen LogP contribution in [0.25, 0.3) is 0 Å². The molecule has 0 aliphatic rings. The molecule has 0 saturated heterocycles. The number of hydrogen-bond acceptors (Lipinski definition) is 2. The van der Waals surface area contributed by atoms with Crippen molar-refractivity contribution >= 4 is 23.6 Å². The smallest absolute Gasteiger partial charge is 0.207 e. The number of para-hydroxylation sites is 1. The summed E-state index contributed by atoms with van der Waals surface area (Å²) in [5.74, 6) is 1.33. The van der Waals surface area contributed by atoms with Crippen molar-refractivity contribution in [1.29, 1.82) is 0 Å². The van der Waals surface area contributed by atoms with Gasteiger partial charge in [0.05, 0.1) is 0 Å². The quantitative estimate of drug-likeness (QED) is 0.527. The van der Waals surface area contributed by atoms with Gasteiger partial charge in [0, 0.05) is 18.5 Å². The number of hydrogen-bond donors (Lipinski definition) is 1. The van der Waals surface area contributed by atoms with Crippen LogP contribution in [-0.4, -0.2) is 13.0 Å². The summed E-state index contributed by atoms with van der Waals surface area (Å²) in [6, 6.07) is 20.2. The zero-order valence-electron chi connectivity index (χ0n) is 10.9. The van der Waals surface area contributed by atoms with E-state index in [-0.39, 0.29) is 0 Å². The third kappa shape index (κ3) is 4.03. The minimum absolute atomic E-state index is 0.507. The zero-order chi connectivity index (χ0) is 13.5. The van der Waals surface area contributed by atoms with E-state index >= 15 is 0 Å². The molecule has 2 aromatic carbocycles. The topological polar surface area (TPSA) is 41.6 Å². The molecule has 19 heavy (non-hydrogen) atoms. The molecule has 2 N–H and O–H groups in total. The summed E-state index contributed by atoms with van der Waals surface area (Å²) in [4.78, 5) is 1.87. The summed E-state index contributed by atoms with van der Waals surface area (Å²) in [7, 11) is 1.91. The molecule has 2 aromatic rings. The van der Waals surface area contributed by atoms with E-state index in [0.29, 0.717) is 5.96 Å². The van der Waals surface area contributed by atoms with Gasteiger partial charge in [0.2, 0.25) is 5.96 Å². The van der Waals surface area contributed by atoms with Crippen molar-refractivity contribution in [2.24, 2.45) is 10.1 Å². The maximum absolute atomic E-state index is 5.97. The van der Waals surface area contributed by atoms with Gasteiger partial charge in [-0.05, 0) is 29.6 Å². The molecule has 0 heterocycles. The molecule has 0 aliphatic carbocycles. The highest BCUT2D eigenvalue weighted by molar-refractivity contribution is 7.97. The van der Waals surface area contributed by atoms with Crippen molar-refractivity contribution in [3.8, 4) is 0 Å². The summed E-state index contributed by atoms with van der Waals surface area (Å²) in [6.07, 6.45) is 0. The van der Waals surface area contributed by atoms with Crippen molar-refractivity contribution in [2.75, 3.05) is 11.9 Å². The van der Waals surface area contributed by atoms with Crippen LogP contribution in [0.3, 0.4) is 0 Å². The molecule has 2 rings (SSSR count). The molecule has 98 valence electrons. The van der Waals surface area contributed by atoms with Crippen LogP contribution in [0, 0.1) is 0 Å². The first kappa shape index (κ1) is 13.5. The van der Waals surface area contributed by atoms with Gasteiger partial charge in [-0.15, -0.1) is 0 Å². The highest BCUT2D eigenvalue weighted by Crippen LogP contribution is 2.15. The molecule has 0 unspecified atom stereocenters. The molecular weight excluding hydrogens is 254 g/mol. The molecule has 0 aliphatic heterocycles. The fraction of sp³-hybridized carbons (Fsp3) is 0.133. The van der Waals surface area contributed by atoms with Crippen molar-refractivity contribution < 1.29 is 0 Å². The maximum Gasteiger partial charge on any atom is 0.207 e. The summed E-state index contributed by atoms with van der Waals surface area (Å²) >= 11 is 1.46. The Balaban J connectivity index is 1.92. The van der Waals surface area contributed by atoms with E-state index in [1.165, 1.54) is 17.5 Å². The number of anilines is 1. The number of rotatable bonds is 4. The fourth-order valence-electron chi connectivity index (χ4n) is 1.59. The second-order valence-electron chi connectivity index (χ2n) is 4.10. The van der Waals surface area contributed by atoms with E-state index in [9.17, 15) is 0 Å². The average molecular weight is 271 g/mol. The van der Waals surface area contributed by atoms with E-state index in [4.69, 9.17) is 5.73 Å². The van der Waals surface area contributed by atoms with Crippen molar-refractivity contribution in [3.63, 3.8) is 0 Å². The van der Waals surface area contributed by atoms with E-state index in [1.807, 2.05) is 60.5 Å². The molecule has 0 amide bonds. The van der Waals surface area contributed by atoms with E-state index in [0.717, 1.165) is 11.4 Å². The lowest BCUT2D eigenvalue weighted by molar-refractivity contribution is 1.23. The van der Waals surface area contributed by atoms with E-state index in [2.05, 4.69) is 16.5 Å². The second kappa shape index (κ2) is 6.85. The summed E-state index contributed by atoms with van der Waals surface area (Å²) in [5, 5.41) is 0. The Labute approximate surface area is 118 Å². The van der Waals surface area contributed by atoms with Crippen LogP contribution >= 0.6 is 11.9 Å². The van der Waals surface area contributed by atoms with E-state index in [1.54, 1.807) is 0 Å². The lowest BCUT2D eigenvalue weighted by Crippen LogP contribution is -2.33. The van der Waals surface area contributed by atoms with Crippen LogP contribution in [0.15, 0.2) is 65.1 Å². The van der Waals surface area contributed by atoms with Crippen LogP contribution < -0.4 is 10.6 Å². The predicted molar refractivity (Wildman–Crippen MR) is 84.2 cm³/mol. The van der Waals surface area contributed by atoms with E-state index < -0.39 is 0 Å². The highest BCUT2D eigenvalue weighted by atomic mass is 32.2. The monoisotopic (exact) mass is 271 g/mol. The first-order valence-corrected chi connectivity index (χ1v) is 7.00. The number of nitrogens with two attached hydrogens (primary N) is 1. The molecule has 0 atom stereocenters. The van der Waals surface area contributed by atoms with Gasteiger partial charge in [-0.1, -0.05) is 48.5 Å². The fourth-order valence-corrected chi connectivity index (χ4v) is 2.25. The Bertz CT molecular complexity index is 526. The van der Waals surface area contributed by atoms with Crippen molar-refractivity contribution in [2.45, 2.75) is 5.75 Å². The lowest BCUT2D eigenvalue weighted by Gasteiger charge is -2.17. The Morgan fingerprint density at radius 3 is 2.26 bits per heavy atom. The van der Waals surface area contributed by atoms with Gasteiger partial charge >= 0.3 is 0 Å². The average Bonchev–Trinajstić information content (AvgIpc) is 2.48. The van der Waals surface area contributed by atoms with Crippen LogP contribution in [0.4, 0.5) is 5.69 Å². The highest BCUT2D eigenvalue weighted by Gasteiger charge is 2.03. The second-order valence-corrected chi connectivity index (χ2v) is 4.83. The van der Waals surface area contributed by atoms with Gasteiger partial charge < -0.3 is 10.6 Å². The first-order chi connectivity index (χ1) is 9.27. The third-order valence-corrected chi connectivity index (χ3v) is 3.50. The van der Waals surface area contributed by atoms with Crippen LogP contribution in [0.2, 0.25) is 0 Å². The third-order valence-electron chi connectivity index (χ3n) is 2.72.